The van der Waals surface area contributed by atoms with Crippen LogP contribution in [-0.4, -0.2) is 26.9 Å². The topological polar surface area (TPSA) is 79.9 Å². The van der Waals surface area contributed by atoms with E-state index >= 15 is 0 Å². The number of halogens is 3. The zero-order valence-corrected chi connectivity index (χ0v) is 14.8. The fourth-order valence-corrected chi connectivity index (χ4v) is 2.49. The third-order valence-electron chi connectivity index (χ3n) is 3.58. The maximum atomic E-state index is 13.3. The van der Waals surface area contributed by atoms with Crippen LogP contribution in [0.4, 0.5) is 23.8 Å². The number of nitrogens with one attached hydrogen (secondary N) is 2. The summed E-state index contributed by atoms with van der Waals surface area (Å²) in [5.74, 6) is 0.230. The molecule has 2 aromatic heterocycles. The van der Waals surface area contributed by atoms with Gasteiger partial charge >= 0.3 is 12.3 Å². The lowest BCUT2D eigenvalue weighted by molar-refractivity contribution is -0.136. The van der Waals surface area contributed by atoms with E-state index in [-0.39, 0.29) is 11.3 Å². The first-order valence-electron chi connectivity index (χ1n) is 8.04. The molecule has 0 spiro atoms. The lowest BCUT2D eigenvalue weighted by atomic mass is 10.0. The zero-order chi connectivity index (χ0) is 19.8. The molecule has 9 heteroatoms. The molecule has 142 valence electrons. The Bertz CT molecular complexity index is 973. The van der Waals surface area contributed by atoms with Crippen LogP contribution in [0.3, 0.4) is 0 Å². The highest BCUT2D eigenvalue weighted by Crippen LogP contribution is 2.37. The zero-order valence-electron chi connectivity index (χ0n) is 14.8. The van der Waals surface area contributed by atoms with Crippen LogP contribution in [0.25, 0.3) is 22.0 Å². The number of carbonyl (C=O) groups excluding carboxylic acids is 1. The van der Waals surface area contributed by atoms with Crippen molar-refractivity contribution in [2.75, 3.05) is 5.32 Å². The largest absolute Gasteiger partial charge is 0.444 e. The van der Waals surface area contributed by atoms with Crippen LogP contribution < -0.4 is 5.32 Å². The minimum absolute atomic E-state index is 0.0672. The van der Waals surface area contributed by atoms with Gasteiger partial charge in [-0.2, -0.15) is 18.3 Å². The van der Waals surface area contributed by atoms with Crippen molar-refractivity contribution >= 4 is 22.8 Å². The molecule has 0 saturated heterocycles. The molecular formula is C18H17F3N4O2. The molecule has 0 bridgehead atoms. The number of aromatic amines is 1. The third kappa shape index (κ3) is 4.36. The molecule has 27 heavy (non-hydrogen) atoms. The molecule has 2 N–H and O–H groups in total. The molecule has 0 saturated carbocycles. The number of nitrogens with zero attached hydrogens (tertiary/aromatic N) is 2. The lowest BCUT2D eigenvalue weighted by Crippen LogP contribution is -2.27. The van der Waals surface area contributed by atoms with Crippen LogP contribution in [0.5, 0.6) is 0 Å². The van der Waals surface area contributed by atoms with E-state index in [1.807, 2.05) is 0 Å². The maximum Gasteiger partial charge on any atom is 0.418 e. The average Bonchev–Trinajstić information content (AvgIpc) is 3.00. The molecule has 0 fully saturated rings. The molecule has 0 aliphatic heterocycles. The number of fused-ring (bicyclic) bond motifs is 1. The Balaban J connectivity index is 1.88. The Morgan fingerprint density at radius 3 is 2.44 bits per heavy atom. The van der Waals surface area contributed by atoms with Crippen molar-refractivity contribution in [2.45, 2.75) is 32.5 Å². The first-order chi connectivity index (χ1) is 12.5. The Morgan fingerprint density at radius 1 is 1.11 bits per heavy atom. The Hall–Kier alpha value is -3.10. The second-order valence-corrected chi connectivity index (χ2v) is 6.91. The van der Waals surface area contributed by atoms with Crippen molar-refractivity contribution in [3.05, 3.63) is 42.2 Å². The number of hydrogen-bond donors (Lipinski definition) is 2. The van der Waals surface area contributed by atoms with Crippen molar-refractivity contribution < 1.29 is 22.7 Å². The van der Waals surface area contributed by atoms with E-state index in [1.165, 1.54) is 18.5 Å². The van der Waals surface area contributed by atoms with E-state index in [2.05, 4.69) is 20.5 Å². The minimum atomic E-state index is -4.52. The van der Waals surface area contributed by atoms with Crippen LogP contribution in [0.15, 0.2) is 36.7 Å². The first kappa shape index (κ1) is 18.7. The van der Waals surface area contributed by atoms with Gasteiger partial charge in [0, 0.05) is 17.1 Å². The number of pyridine rings is 1. The van der Waals surface area contributed by atoms with Crippen LogP contribution >= 0.6 is 0 Å². The molecule has 1 amide bonds. The summed E-state index contributed by atoms with van der Waals surface area (Å²) < 4.78 is 45.1. The molecule has 0 aliphatic rings. The summed E-state index contributed by atoms with van der Waals surface area (Å²) in [6.07, 6.45) is -2.47. The smallest absolute Gasteiger partial charge is 0.418 e. The summed E-state index contributed by atoms with van der Waals surface area (Å²) in [6, 6.07) is 5.69. The van der Waals surface area contributed by atoms with Crippen molar-refractivity contribution in [3.63, 3.8) is 0 Å². The highest BCUT2D eigenvalue weighted by atomic mass is 19.4. The number of carbonyl (C=O) groups is 1. The number of alkyl halides is 3. The fraction of sp³-hybridized carbons (Fsp3) is 0.278. The highest BCUT2D eigenvalue weighted by molar-refractivity contribution is 5.88. The Morgan fingerprint density at radius 2 is 1.85 bits per heavy atom. The Labute approximate surface area is 152 Å². The first-order valence-corrected chi connectivity index (χ1v) is 8.04. The Kier molecular flexibility index (Phi) is 4.54. The summed E-state index contributed by atoms with van der Waals surface area (Å²) in [4.78, 5) is 15.8. The molecule has 3 aromatic rings. The standard InChI is InChI=1S/C18H17F3N4O2/c1-17(2,3)27-16(26)24-14-5-4-10(8-22-14)11-6-12-9-23-25-15(12)13(7-11)18(19,20)21/h4-9H,1-3H3,(H,23,25)(H,22,24,26). The summed E-state index contributed by atoms with van der Waals surface area (Å²) >= 11 is 0. The monoisotopic (exact) mass is 378 g/mol. The second kappa shape index (κ2) is 6.57. The summed E-state index contributed by atoms with van der Waals surface area (Å²) in [6.45, 7) is 5.19. The fourth-order valence-electron chi connectivity index (χ4n) is 2.49. The van der Waals surface area contributed by atoms with Crippen LogP contribution in [-0.2, 0) is 10.9 Å². The highest BCUT2D eigenvalue weighted by Gasteiger charge is 2.34. The number of H-pyrrole nitrogens is 1. The van der Waals surface area contributed by atoms with Crippen molar-refractivity contribution in [1.82, 2.24) is 15.2 Å². The van der Waals surface area contributed by atoms with Gasteiger partial charge in [-0.3, -0.25) is 10.4 Å². The predicted molar refractivity (Wildman–Crippen MR) is 94.2 cm³/mol. The molecule has 6 nitrogen and oxygen atoms in total. The number of hydrogen-bond acceptors (Lipinski definition) is 4. The van der Waals surface area contributed by atoms with E-state index in [1.54, 1.807) is 32.9 Å². The number of benzene rings is 1. The molecule has 0 atom stereocenters. The quantitative estimate of drug-likeness (QED) is 0.658. The number of anilines is 1. The molecule has 0 unspecified atom stereocenters. The normalized spacial score (nSPS) is 12.2. The van der Waals surface area contributed by atoms with E-state index in [9.17, 15) is 18.0 Å². The van der Waals surface area contributed by atoms with E-state index in [0.717, 1.165) is 6.07 Å². The second-order valence-electron chi connectivity index (χ2n) is 6.91. The van der Waals surface area contributed by atoms with E-state index < -0.39 is 23.4 Å². The number of amides is 1. The van der Waals surface area contributed by atoms with E-state index in [4.69, 9.17) is 4.74 Å². The summed E-state index contributed by atoms with van der Waals surface area (Å²) in [5, 5.41) is 8.87. The van der Waals surface area contributed by atoms with Gasteiger partial charge in [-0.1, -0.05) is 0 Å². The van der Waals surface area contributed by atoms with Gasteiger partial charge in [0.1, 0.15) is 11.4 Å². The van der Waals surface area contributed by atoms with Gasteiger partial charge in [0.05, 0.1) is 17.3 Å². The molecule has 3 rings (SSSR count). The van der Waals surface area contributed by atoms with Gasteiger partial charge in [-0.25, -0.2) is 9.78 Å². The molecular weight excluding hydrogens is 361 g/mol. The van der Waals surface area contributed by atoms with Gasteiger partial charge in [-0.05, 0) is 50.6 Å². The average molecular weight is 378 g/mol. The summed E-state index contributed by atoms with van der Waals surface area (Å²) in [7, 11) is 0. The molecule has 2 heterocycles. The summed E-state index contributed by atoms with van der Waals surface area (Å²) in [5.41, 5.74) is -0.713. The van der Waals surface area contributed by atoms with Gasteiger partial charge < -0.3 is 4.74 Å². The lowest BCUT2D eigenvalue weighted by Gasteiger charge is -2.19. The molecule has 0 aliphatic carbocycles. The number of ether oxygens (including phenoxy) is 1. The molecule has 0 radical (unpaired) electrons. The van der Waals surface area contributed by atoms with Crippen LogP contribution in [0.1, 0.15) is 26.3 Å². The third-order valence-corrected chi connectivity index (χ3v) is 3.58. The van der Waals surface area contributed by atoms with Crippen molar-refractivity contribution in [2.24, 2.45) is 0 Å². The molecule has 1 aromatic carbocycles. The SMILES string of the molecule is CC(C)(C)OC(=O)Nc1ccc(-c2cc(C(F)(F)F)c3[nH]ncc3c2)cn1. The van der Waals surface area contributed by atoms with Crippen molar-refractivity contribution in [3.8, 4) is 11.1 Å². The minimum Gasteiger partial charge on any atom is -0.444 e. The maximum absolute atomic E-state index is 13.3. The number of aromatic nitrogens is 3. The van der Waals surface area contributed by atoms with Gasteiger partial charge in [0.25, 0.3) is 0 Å². The van der Waals surface area contributed by atoms with E-state index in [0.29, 0.717) is 16.5 Å². The number of rotatable bonds is 2. The van der Waals surface area contributed by atoms with Crippen LogP contribution in [0, 0.1) is 0 Å². The van der Waals surface area contributed by atoms with Gasteiger partial charge in [-0.15, -0.1) is 0 Å². The predicted octanol–water partition coefficient (Wildman–Crippen LogP) is 4.99. The van der Waals surface area contributed by atoms with Crippen LogP contribution in [0.2, 0.25) is 0 Å². The van der Waals surface area contributed by atoms with Gasteiger partial charge in [0.15, 0.2) is 0 Å². The van der Waals surface area contributed by atoms with Crippen molar-refractivity contribution in [1.29, 1.82) is 0 Å². The van der Waals surface area contributed by atoms with Gasteiger partial charge in [0.2, 0.25) is 0 Å².